The average molecular weight is 260 g/mol. The van der Waals surface area contributed by atoms with Crippen LogP contribution in [0.5, 0.6) is 0 Å². The summed E-state index contributed by atoms with van der Waals surface area (Å²) in [7, 11) is 0. The Hall–Kier alpha value is -1.35. The van der Waals surface area contributed by atoms with Gasteiger partial charge >= 0.3 is 0 Å². The normalized spacial score (nSPS) is 16.1. The first kappa shape index (κ1) is 14.1. The highest BCUT2D eigenvalue weighted by atomic mass is 16.2. The van der Waals surface area contributed by atoms with Crippen LogP contribution in [0.25, 0.3) is 0 Å². The van der Waals surface area contributed by atoms with Gasteiger partial charge in [0.15, 0.2) is 0 Å². The van der Waals surface area contributed by atoms with Crippen LogP contribution in [0.15, 0.2) is 24.3 Å². The first-order valence-electron chi connectivity index (χ1n) is 7.26. The lowest BCUT2D eigenvalue weighted by atomic mass is 10.2. The van der Waals surface area contributed by atoms with E-state index in [9.17, 15) is 4.79 Å². The number of anilines is 1. The first-order chi connectivity index (χ1) is 9.15. The van der Waals surface area contributed by atoms with Gasteiger partial charge in [-0.15, -0.1) is 0 Å². The molecule has 1 amide bonds. The summed E-state index contributed by atoms with van der Waals surface area (Å²) in [6, 6.07) is 7.74. The molecule has 1 fully saturated rings. The summed E-state index contributed by atoms with van der Waals surface area (Å²) < 4.78 is 0. The number of amides is 1. The second-order valence-corrected chi connectivity index (χ2v) is 5.62. The van der Waals surface area contributed by atoms with Gasteiger partial charge in [0.25, 0.3) is 0 Å². The molecule has 0 aliphatic heterocycles. The summed E-state index contributed by atoms with van der Waals surface area (Å²) in [6.07, 6.45) is 5.29. The Balaban J connectivity index is 1.67. The number of hydrogen-bond donors (Lipinski definition) is 2. The Kier molecular flexibility index (Phi) is 4.97. The molecular weight excluding hydrogens is 236 g/mol. The van der Waals surface area contributed by atoms with Gasteiger partial charge in [-0.1, -0.05) is 30.5 Å². The van der Waals surface area contributed by atoms with Gasteiger partial charge in [0, 0.05) is 5.69 Å². The molecule has 3 nitrogen and oxygen atoms in total. The second kappa shape index (κ2) is 6.71. The fourth-order valence-electron chi connectivity index (χ4n) is 2.10. The number of hydrogen-bond acceptors (Lipinski definition) is 2. The fourth-order valence-corrected chi connectivity index (χ4v) is 2.10. The van der Waals surface area contributed by atoms with Crippen LogP contribution in [0.4, 0.5) is 5.69 Å². The Morgan fingerprint density at radius 3 is 2.63 bits per heavy atom. The molecule has 0 bridgehead atoms. The molecule has 1 unspecified atom stereocenters. The van der Waals surface area contributed by atoms with Crippen LogP contribution in [0.2, 0.25) is 0 Å². The summed E-state index contributed by atoms with van der Waals surface area (Å²) in [5, 5.41) is 6.21. The Morgan fingerprint density at radius 1 is 1.32 bits per heavy atom. The molecule has 1 saturated carbocycles. The van der Waals surface area contributed by atoms with Gasteiger partial charge in [-0.05, 0) is 51.3 Å². The predicted molar refractivity (Wildman–Crippen MR) is 79.2 cm³/mol. The van der Waals surface area contributed by atoms with Crippen LogP contribution in [0.1, 0.15) is 38.2 Å². The quantitative estimate of drug-likeness (QED) is 0.740. The summed E-state index contributed by atoms with van der Waals surface area (Å²) >= 11 is 0. The largest absolute Gasteiger partial charge is 0.325 e. The van der Waals surface area contributed by atoms with Crippen molar-refractivity contribution in [1.82, 2.24) is 5.32 Å². The molecule has 1 aliphatic rings. The minimum absolute atomic E-state index is 0.0373. The molecule has 2 N–H and O–H groups in total. The SMILES string of the molecule is Cc1ccc(NC(=O)C(C)NCCCC2CC2)cc1. The lowest BCUT2D eigenvalue weighted by molar-refractivity contribution is -0.117. The maximum atomic E-state index is 12.0. The molecule has 0 aromatic heterocycles. The van der Waals surface area contributed by atoms with Gasteiger partial charge < -0.3 is 10.6 Å². The van der Waals surface area contributed by atoms with E-state index in [1.807, 2.05) is 38.1 Å². The molecule has 1 aromatic carbocycles. The van der Waals surface area contributed by atoms with Gasteiger partial charge in [0.1, 0.15) is 0 Å². The summed E-state index contributed by atoms with van der Waals surface area (Å²) in [6.45, 7) is 4.88. The lowest BCUT2D eigenvalue weighted by Gasteiger charge is -2.14. The van der Waals surface area contributed by atoms with Crippen molar-refractivity contribution in [1.29, 1.82) is 0 Å². The monoisotopic (exact) mass is 260 g/mol. The fraction of sp³-hybridized carbons (Fsp3) is 0.562. The van der Waals surface area contributed by atoms with Crippen molar-refractivity contribution < 1.29 is 4.79 Å². The molecule has 1 aromatic rings. The van der Waals surface area contributed by atoms with E-state index >= 15 is 0 Å². The predicted octanol–water partition coefficient (Wildman–Crippen LogP) is 3.10. The van der Waals surface area contributed by atoms with Crippen LogP contribution in [0.3, 0.4) is 0 Å². The Labute approximate surface area is 115 Å². The van der Waals surface area contributed by atoms with E-state index in [1.165, 1.54) is 31.2 Å². The van der Waals surface area contributed by atoms with Crippen molar-refractivity contribution in [2.24, 2.45) is 5.92 Å². The van der Waals surface area contributed by atoms with Gasteiger partial charge in [-0.25, -0.2) is 0 Å². The van der Waals surface area contributed by atoms with E-state index in [2.05, 4.69) is 10.6 Å². The standard InChI is InChI=1S/C16H24N2O/c1-12-5-9-15(10-6-12)18-16(19)13(2)17-11-3-4-14-7-8-14/h5-6,9-10,13-14,17H,3-4,7-8,11H2,1-2H3,(H,18,19). The Morgan fingerprint density at radius 2 is 2.00 bits per heavy atom. The zero-order chi connectivity index (χ0) is 13.7. The molecule has 3 heteroatoms. The molecule has 0 heterocycles. The lowest BCUT2D eigenvalue weighted by Crippen LogP contribution is -2.38. The van der Waals surface area contributed by atoms with Gasteiger partial charge in [-0.3, -0.25) is 4.79 Å². The van der Waals surface area contributed by atoms with Crippen molar-refractivity contribution in [3.05, 3.63) is 29.8 Å². The number of aryl methyl sites for hydroxylation is 1. The average Bonchev–Trinajstić information content (AvgIpc) is 3.21. The van der Waals surface area contributed by atoms with Gasteiger partial charge in [-0.2, -0.15) is 0 Å². The van der Waals surface area contributed by atoms with Crippen molar-refractivity contribution >= 4 is 11.6 Å². The van der Waals surface area contributed by atoms with Crippen LogP contribution in [-0.2, 0) is 4.79 Å². The highest BCUT2D eigenvalue weighted by Gasteiger charge is 2.20. The van der Waals surface area contributed by atoms with Crippen LogP contribution < -0.4 is 10.6 Å². The molecule has 0 radical (unpaired) electrons. The molecule has 1 aliphatic carbocycles. The topological polar surface area (TPSA) is 41.1 Å². The summed E-state index contributed by atoms with van der Waals surface area (Å²) in [5.41, 5.74) is 2.06. The zero-order valence-electron chi connectivity index (χ0n) is 11.9. The van der Waals surface area contributed by atoms with E-state index in [0.29, 0.717) is 0 Å². The van der Waals surface area contributed by atoms with Crippen LogP contribution in [0, 0.1) is 12.8 Å². The molecule has 2 rings (SSSR count). The van der Waals surface area contributed by atoms with Crippen molar-refractivity contribution in [3.8, 4) is 0 Å². The number of carbonyl (C=O) groups excluding carboxylic acids is 1. The number of rotatable bonds is 7. The van der Waals surface area contributed by atoms with Crippen molar-refractivity contribution in [2.45, 2.75) is 45.6 Å². The molecule has 104 valence electrons. The third kappa shape index (κ3) is 5.03. The smallest absolute Gasteiger partial charge is 0.241 e. The van der Waals surface area contributed by atoms with E-state index in [0.717, 1.165) is 18.2 Å². The second-order valence-electron chi connectivity index (χ2n) is 5.62. The van der Waals surface area contributed by atoms with E-state index in [-0.39, 0.29) is 11.9 Å². The number of carbonyl (C=O) groups is 1. The van der Waals surface area contributed by atoms with E-state index < -0.39 is 0 Å². The number of benzene rings is 1. The van der Waals surface area contributed by atoms with Crippen LogP contribution >= 0.6 is 0 Å². The molecule has 19 heavy (non-hydrogen) atoms. The zero-order valence-corrected chi connectivity index (χ0v) is 11.9. The maximum absolute atomic E-state index is 12.0. The highest BCUT2D eigenvalue weighted by Crippen LogP contribution is 2.33. The molecule has 0 saturated heterocycles. The van der Waals surface area contributed by atoms with Gasteiger partial charge in [0.05, 0.1) is 6.04 Å². The number of nitrogens with one attached hydrogen (secondary N) is 2. The van der Waals surface area contributed by atoms with Crippen molar-refractivity contribution in [3.63, 3.8) is 0 Å². The highest BCUT2D eigenvalue weighted by molar-refractivity contribution is 5.94. The molecule has 1 atom stereocenters. The maximum Gasteiger partial charge on any atom is 0.241 e. The third-order valence-electron chi connectivity index (χ3n) is 3.65. The van der Waals surface area contributed by atoms with E-state index in [4.69, 9.17) is 0 Å². The van der Waals surface area contributed by atoms with Gasteiger partial charge in [0.2, 0.25) is 5.91 Å². The van der Waals surface area contributed by atoms with Crippen molar-refractivity contribution in [2.75, 3.05) is 11.9 Å². The third-order valence-corrected chi connectivity index (χ3v) is 3.65. The van der Waals surface area contributed by atoms with E-state index in [1.54, 1.807) is 0 Å². The minimum atomic E-state index is -0.138. The minimum Gasteiger partial charge on any atom is -0.325 e. The summed E-state index contributed by atoms with van der Waals surface area (Å²) in [5.74, 6) is 1.01. The summed E-state index contributed by atoms with van der Waals surface area (Å²) in [4.78, 5) is 12.0. The first-order valence-corrected chi connectivity index (χ1v) is 7.26. The molecular formula is C16H24N2O. The van der Waals surface area contributed by atoms with Crippen LogP contribution in [-0.4, -0.2) is 18.5 Å². The Bertz CT molecular complexity index is 409. The molecule has 0 spiro atoms.